The second-order valence-electron chi connectivity index (χ2n) is 3.80. The van der Waals surface area contributed by atoms with Crippen molar-refractivity contribution >= 4 is 5.95 Å². The third-order valence-electron chi connectivity index (χ3n) is 2.56. The van der Waals surface area contributed by atoms with E-state index in [0.717, 1.165) is 29.9 Å². The van der Waals surface area contributed by atoms with E-state index in [4.69, 9.17) is 0 Å². The van der Waals surface area contributed by atoms with Gasteiger partial charge in [-0.25, -0.2) is 4.98 Å². The maximum Gasteiger partial charge on any atom is 0.243 e. The molecule has 1 N–H and O–H groups in total. The molecule has 0 atom stereocenters. The van der Waals surface area contributed by atoms with Crippen LogP contribution in [0.1, 0.15) is 30.9 Å². The van der Waals surface area contributed by atoms with Crippen molar-refractivity contribution in [1.29, 1.82) is 0 Å². The summed E-state index contributed by atoms with van der Waals surface area (Å²) in [5, 5.41) is 19.1. The summed E-state index contributed by atoms with van der Waals surface area (Å²) in [6.45, 7) is 4.66. The Morgan fingerprint density at radius 3 is 2.56 bits per heavy atom. The normalized spacial score (nSPS) is 10.3. The molecule has 94 valence electrons. The van der Waals surface area contributed by atoms with Crippen LogP contribution in [0.2, 0.25) is 0 Å². The third-order valence-corrected chi connectivity index (χ3v) is 2.56. The fraction of sp³-hybridized carbons (Fsp3) is 0.417. The van der Waals surface area contributed by atoms with Gasteiger partial charge in [-0.3, -0.25) is 0 Å². The SMILES string of the molecule is CCc1nnc(NCc2cccnn2)nc1CC. The predicted molar refractivity (Wildman–Crippen MR) is 67.9 cm³/mol. The van der Waals surface area contributed by atoms with Crippen LogP contribution in [-0.4, -0.2) is 25.4 Å². The summed E-state index contributed by atoms with van der Waals surface area (Å²) >= 11 is 0. The first-order chi connectivity index (χ1) is 8.83. The molecule has 6 heteroatoms. The smallest absolute Gasteiger partial charge is 0.243 e. The molecule has 0 saturated heterocycles. The lowest BCUT2D eigenvalue weighted by Crippen LogP contribution is -2.10. The molecule has 0 aliphatic heterocycles. The van der Waals surface area contributed by atoms with Gasteiger partial charge in [0, 0.05) is 6.20 Å². The average Bonchev–Trinajstić information content (AvgIpc) is 2.45. The molecule has 0 radical (unpaired) electrons. The van der Waals surface area contributed by atoms with E-state index in [1.54, 1.807) is 6.20 Å². The highest BCUT2D eigenvalue weighted by Crippen LogP contribution is 2.07. The Labute approximate surface area is 106 Å². The van der Waals surface area contributed by atoms with Gasteiger partial charge < -0.3 is 5.32 Å². The van der Waals surface area contributed by atoms with Crippen LogP contribution >= 0.6 is 0 Å². The van der Waals surface area contributed by atoms with Gasteiger partial charge in [-0.2, -0.15) is 15.3 Å². The molecule has 0 aromatic carbocycles. The number of nitrogens with zero attached hydrogens (tertiary/aromatic N) is 5. The summed E-state index contributed by atoms with van der Waals surface area (Å²) in [6, 6.07) is 3.75. The van der Waals surface area contributed by atoms with Gasteiger partial charge in [-0.05, 0) is 25.0 Å². The molecular formula is C12H16N6. The molecule has 0 unspecified atom stereocenters. The summed E-state index contributed by atoms with van der Waals surface area (Å²) < 4.78 is 0. The van der Waals surface area contributed by atoms with Crippen molar-refractivity contribution in [2.45, 2.75) is 33.2 Å². The van der Waals surface area contributed by atoms with Crippen molar-refractivity contribution in [1.82, 2.24) is 25.4 Å². The van der Waals surface area contributed by atoms with Gasteiger partial charge >= 0.3 is 0 Å². The Hall–Kier alpha value is -2.11. The van der Waals surface area contributed by atoms with E-state index in [9.17, 15) is 0 Å². The summed E-state index contributed by atoms with van der Waals surface area (Å²) in [4.78, 5) is 4.44. The van der Waals surface area contributed by atoms with Crippen LogP contribution in [0.15, 0.2) is 18.3 Å². The number of hydrogen-bond acceptors (Lipinski definition) is 6. The van der Waals surface area contributed by atoms with Crippen LogP contribution in [0.3, 0.4) is 0 Å². The molecule has 0 aliphatic carbocycles. The van der Waals surface area contributed by atoms with Crippen LogP contribution in [0.5, 0.6) is 0 Å². The van der Waals surface area contributed by atoms with E-state index in [-0.39, 0.29) is 0 Å². The first kappa shape index (κ1) is 12.3. The van der Waals surface area contributed by atoms with Gasteiger partial charge in [0.05, 0.1) is 23.6 Å². The number of aryl methyl sites for hydroxylation is 2. The lowest BCUT2D eigenvalue weighted by atomic mass is 10.2. The van der Waals surface area contributed by atoms with Gasteiger partial charge in [-0.1, -0.05) is 13.8 Å². The molecule has 0 bridgehead atoms. The molecule has 0 fully saturated rings. The summed E-state index contributed by atoms with van der Waals surface area (Å²) in [5.41, 5.74) is 2.80. The van der Waals surface area contributed by atoms with E-state index >= 15 is 0 Å². The largest absolute Gasteiger partial charge is 0.347 e. The second-order valence-corrected chi connectivity index (χ2v) is 3.80. The number of aromatic nitrogens is 5. The minimum absolute atomic E-state index is 0.537. The van der Waals surface area contributed by atoms with Gasteiger partial charge in [0.1, 0.15) is 0 Å². The number of hydrogen-bond donors (Lipinski definition) is 1. The first-order valence-electron chi connectivity index (χ1n) is 6.06. The van der Waals surface area contributed by atoms with E-state index in [1.807, 2.05) is 12.1 Å². The molecule has 18 heavy (non-hydrogen) atoms. The third kappa shape index (κ3) is 2.97. The molecule has 6 nitrogen and oxygen atoms in total. The number of nitrogens with one attached hydrogen (secondary N) is 1. The van der Waals surface area contributed by atoms with Gasteiger partial charge in [0.15, 0.2) is 0 Å². The van der Waals surface area contributed by atoms with Crippen molar-refractivity contribution in [3.8, 4) is 0 Å². The first-order valence-corrected chi connectivity index (χ1v) is 6.06. The Bertz CT molecular complexity index is 499. The zero-order chi connectivity index (χ0) is 12.8. The van der Waals surface area contributed by atoms with E-state index in [2.05, 4.69) is 44.5 Å². The van der Waals surface area contributed by atoms with E-state index in [1.165, 1.54) is 0 Å². The highest BCUT2D eigenvalue weighted by atomic mass is 15.2. The Morgan fingerprint density at radius 1 is 1.06 bits per heavy atom. The minimum atomic E-state index is 0.537. The van der Waals surface area contributed by atoms with Crippen LogP contribution < -0.4 is 5.32 Å². The molecule has 0 spiro atoms. The zero-order valence-corrected chi connectivity index (χ0v) is 10.6. The molecule has 2 heterocycles. The topological polar surface area (TPSA) is 76.5 Å². The summed E-state index contributed by atoms with van der Waals surface area (Å²) in [7, 11) is 0. The van der Waals surface area contributed by atoms with Crippen molar-refractivity contribution in [2.75, 3.05) is 5.32 Å². The van der Waals surface area contributed by atoms with Gasteiger partial charge in [0.25, 0.3) is 0 Å². The fourth-order valence-electron chi connectivity index (χ4n) is 1.61. The van der Waals surface area contributed by atoms with Crippen LogP contribution in [0.25, 0.3) is 0 Å². The van der Waals surface area contributed by atoms with E-state index < -0.39 is 0 Å². The number of anilines is 1. The standard InChI is InChI=1S/C12H16N6/c1-3-10-11(4-2)17-18-12(15-10)13-8-9-6-5-7-14-16-9/h5-7H,3-4,8H2,1-2H3,(H,13,15,18). The van der Waals surface area contributed by atoms with Gasteiger partial charge in [0.2, 0.25) is 5.95 Å². The second kappa shape index (κ2) is 6.00. The van der Waals surface area contributed by atoms with Crippen molar-refractivity contribution in [2.24, 2.45) is 0 Å². The fourth-order valence-corrected chi connectivity index (χ4v) is 1.61. The molecule has 0 saturated carbocycles. The van der Waals surface area contributed by atoms with Crippen molar-refractivity contribution in [3.63, 3.8) is 0 Å². The average molecular weight is 244 g/mol. The lowest BCUT2D eigenvalue weighted by molar-refractivity contribution is 0.814. The zero-order valence-electron chi connectivity index (χ0n) is 10.6. The lowest BCUT2D eigenvalue weighted by Gasteiger charge is -2.07. The summed E-state index contributed by atoms with van der Waals surface area (Å²) in [6.07, 6.45) is 3.36. The minimum Gasteiger partial charge on any atom is -0.347 e. The highest BCUT2D eigenvalue weighted by molar-refractivity contribution is 5.26. The molecule has 2 rings (SSSR count). The van der Waals surface area contributed by atoms with E-state index in [0.29, 0.717) is 12.5 Å². The van der Waals surface area contributed by atoms with Gasteiger partial charge in [-0.15, -0.1) is 5.10 Å². The number of rotatable bonds is 5. The van der Waals surface area contributed by atoms with Crippen LogP contribution in [-0.2, 0) is 19.4 Å². The quantitative estimate of drug-likeness (QED) is 0.856. The predicted octanol–water partition coefficient (Wildman–Crippen LogP) is 1.40. The molecule has 0 amide bonds. The maximum atomic E-state index is 4.44. The molecule has 2 aromatic rings. The molecule has 2 aromatic heterocycles. The molecule has 0 aliphatic rings. The Morgan fingerprint density at radius 2 is 1.89 bits per heavy atom. The maximum absolute atomic E-state index is 4.44. The van der Waals surface area contributed by atoms with Crippen LogP contribution in [0.4, 0.5) is 5.95 Å². The Kier molecular flexibility index (Phi) is 4.11. The molecular weight excluding hydrogens is 228 g/mol. The van der Waals surface area contributed by atoms with Crippen LogP contribution in [0, 0.1) is 0 Å². The monoisotopic (exact) mass is 244 g/mol. The van der Waals surface area contributed by atoms with Crippen molar-refractivity contribution in [3.05, 3.63) is 35.4 Å². The highest BCUT2D eigenvalue weighted by Gasteiger charge is 2.05. The Balaban J connectivity index is 2.06. The van der Waals surface area contributed by atoms with Crippen molar-refractivity contribution < 1.29 is 0 Å². The summed E-state index contributed by atoms with van der Waals surface area (Å²) in [5.74, 6) is 0.537.